The highest BCUT2D eigenvalue weighted by molar-refractivity contribution is 5.76. The summed E-state index contributed by atoms with van der Waals surface area (Å²) in [5.41, 5.74) is 0. The van der Waals surface area contributed by atoms with Crippen LogP contribution in [0.15, 0.2) is 36.5 Å². The third-order valence-electron chi connectivity index (χ3n) is 15.2. The number of hydrogen-bond donors (Lipinski definition) is 3. The zero-order valence-corrected chi connectivity index (χ0v) is 49.1. The van der Waals surface area contributed by atoms with Crippen molar-refractivity contribution in [2.24, 2.45) is 0 Å². The summed E-state index contributed by atoms with van der Waals surface area (Å²) in [6.07, 6.45) is 79.1. The Morgan fingerprint density at radius 1 is 0.384 bits per heavy atom. The first-order chi connectivity index (χ1) is 36.0. The molecule has 0 aromatic rings. The molecule has 0 radical (unpaired) electrons. The van der Waals surface area contributed by atoms with Gasteiger partial charge < -0.3 is 20.3 Å². The summed E-state index contributed by atoms with van der Waals surface area (Å²) in [4.78, 5) is 24.5. The van der Waals surface area contributed by atoms with E-state index in [1.54, 1.807) is 6.08 Å². The largest absolute Gasteiger partial charge is 0.466 e. The fraction of sp³-hybridized carbons (Fsp3) is 0.881. The maximum Gasteiger partial charge on any atom is 0.305 e. The Morgan fingerprint density at radius 2 is 0.685 bits per heavy atom. The molecule has 0 saturated heterocycles. The molecule has 2 atom stereocenters. The van der Waals surface area contributed by atoms with Crippen LogP contribution in [0.3, 0.4) is 0 Å². The molecule has 0 rings (SSSR count). The molecule has 0 spiro atoms. The van der Waals surface area contributed by atoms with Gasteiger partial charge in [0, 0.05) is 12.8 Å². The van der Waals surface area contributed by atoms with E-state index in [0.717, 1.165) is 44.9 Å². The smallest absolute Gasteiger partial charge is 0.305 e. The molecule has 6 heteroatoms. The van der Waals surface area contributed by atoms with Crippen LogP contribution >= 0.6 is 0 Å². The van der Waals surface area contributed by atoms with E-state index in [2.05, 4.69) is 43.5 Å². The van der Waals surface area contributed by atoms with E-state index in [1.807, 2.05) is 6.08 Å². The summed E-state index contributed by atoms with van der Waals surface area (Å²) in [6.45, 7) is 4.92. The van der Waals surface area contributed by atoms with Gasteiger partial charge in [0.05, 0.1) is 25.4 Å². The van der Waals surface area contributed by atoms with Crippen LogP contribution < -0.4 is 5.32 Å². The summed E-state index contributed by atoms with van der Waals surface area (Å²) in [6, 6.07) is -0.633. The van der Waals surface area contributed by atoms with Crippen molar-refractivity contribution in [2.45, 2.75) is 366 Å². The molecule has 0 aliphatic rings. The van der Waals surface area contributed by atoms with Gasteiger partial charge in [-0.25, -0.2) is 0 Å². The Bertz CT molecular complexity index is 1180. The van der Waals surface area contributed by atoms with Crippen LogP contribution in [0, 0.1) is 0 Å². The Hall–Kier alpha value is -1.92. The van der Waals surface area contributed by atoms with Crippen LogP contribution in [0.1, 0.15) is 354 Å². The lowest BCUT2D eigenvalue weighted by molar-refractivity contribution is -0.143. The van der Waals surface area contributed by atoms with E-state index >= 15 is 0 Å². The molecule has 73 heavy (non-hydrogen) atoms. The molecule has 0 aromatic carbocycles. The number of carbonyl (C=O) groups is 2. The first-order valence-corrected chi connectivity index (χ1v) is 32.8. The number of esters is 1. The second kappa shape index (κ2) is 62.6. The van der Waals surface area contributed by atoms with Crippen LogP contribution in [-0.2, 0) is 14.3 Å². The maximum absolute atomic E-state index is 12.5. The maximum atomic E-state index is 12.5. The number of ether oxygens (including phenoxy) is 1. The minimum absolute atomic E-state index is 0.00942. The Morgan fingerprint density at radius 3 is 1.04 bits per heavy atom. The van der Waals surface area contributed by atoms with Crippen molar-refractivity contribution in [3.05, 3.63) is 36.5 Å². The van der Waals surface area contributed by atoms with Gasteiger partial charge in [0.1, 0.15) is 0 Å². The molecule has 0 aliphatic heterocycles. The Labute approximate surface area is 455 Å². The van der Waals surface area contributed by atoms with Crippen molar-refractivity contribution in [2.75, 3.05) is 13.2 Å². The van der Waals surface area contributed by atoms with E-state index in [4.69, 9.17) is 4.74 Å². The standard InChI is InChI=1S/C67H127NO5/c1-3-5-7-9-11-13-15-17-18-19-27-30-33-36-39-43-47-51-55-59-65(70)64(63-69)68-66(71)60-56-52-48-44-40-37-34-31-28-25-23-21-20-22-24-26-29-32-35-38-42-46-50-54-58-62-73-67(72)61-57-53-49-45-41-16-14-12-10-8-6-4-2/h21-24,55,59,64-65,69-70H,3-20,25-54,56-58,60-63H2,1-2H3,(H,68,71)/b23-21-,24-22-,59-55+. The molecule has 0 saturated carbocycles. The highest BCUT2D eigenvalue weighted by Crippen LogP contribution is 2.17. The minimum Gasteiger partial charge on any atom is -0.466 e. The second-order valence-electron chi connectivity index (χ2n) is 22.5. The lowest BCUT2D eigenvalue weighted by Crippen LogP contribution is -2.45. The normalized spacial score (nSPS) is 12.8. The fourth-order valence-electron chi connectivity index (χ4n) is 10.1. The Balaban J connectivity index is 3.46. The van der Waals surface area contributed by atoms with Crippen LogP contribution in [0.2, 0.25) is 0 Å². The average molecular weight is 1030 g/mol. The average Bonchev–Trinajstić information content (AvgIpc) is 3.39. The van der Waals surface area contributed by atoms with E-state index in [-0.39, 0.29) is 18.5 Å². The molecule has 430 valence electrons. The van der Waals surface area contributed by atoms with Crippen molar-refractivity contribution >= 4 is 11.9 Å². The van der Waals surface area contributed by atoms with E-state index < -0.39 is 12.1 Å². The van der Waals surface area contributed by atoms with Gasteiger partial charge in [-0.1, -0.05) is 314 Å². The molecule has 0 heterocycles. The third-order valence-corrected chi connectivity index (χ3v) is 15.2. The molecule has 6 nitrogen and oxygen atoms in total. The van der Waals surface area contributed by atoms with Crippen molar-refractivity contribution in [1.82, 2.24) is 5.32 Å². The predicted molar refractivity (Wildman–Crippen MR) is 319 cm³/mol. The van der Waals surface area contributed by atoms with Gasteiger partial charge in [-0.2, -0.15) is 0 Å². The lowest BCUT2D eigenvalue weighted by atomic mass is 10.0. The fourth-order valence-corrected chi connectivity index (χ4v) is 10.1. The van der Waals surface area contributed by atoms with E-state index in [0.29, 0.717) is 19.4 Å². The highest BCUT2D eigenvalue weighted by Gasteiger charge is 2.18. The number of rotatable bonds is 61. The zero-order valence-electron chi connectivity index (χ0n) is 49.1. The molecule has 0 aliphatic carbocycles. The van der Waals surface area contributed by atoms with Crippen LogP contribution in [0.25, 0.3) is 0 Å². The van der Waals surface area contributed by atoms with Crippen molar-refractivity contribution < 1.29 is 24.5 Å². The molecule has 3 N–H and O–H groups in total. The van der Waals surface area contributed by atoms with Gasteiger partial charge in [-0.3, -0.25) is 9.59 Å². The van der Waals surface area contributed by atoms with Crippen LogP contribution in [0.5, 0.6) is 0 Å². The van der Waals surface area contributed by atoms with Crippen LogP contribution in [-0.4, -0.2) is 47.4 Å². The summed E-state index contributed by atoms with van der Waals surface area (Å²) < 4.78 is 5.47. The third kappa shape index (κ3) is 59.2. The molecular formula is C67H127NO5. The molecular weight excluding hydrogens is 899 g/mol. The molecule has 0 bridgehead atoms. The number of allylic oxidation sites excluding steroid dienone is 5. The summed E-state index contributed by atoms with van der Waals surface area (Å²) >= 11 is 0. The SMILES string of the molecule is CCCCCCCCCCCCCCCCCCC/C=C/C(O)C(CO)NC(=O)CCCCCCCCCCC/C=C\C/C=C\CCCCCCCCCCCOC(=O)CCCCCCCCCCCCCC. The summed E-state index contributed by atoms with van der Waals surface area (Å²) in [5.74, 6) is -0.0621. The second-order valence-corrected chi connectivity index (χ2v) is 22.5. The van der Waals surface area contributed by atoms with E-state index in [1.165, 1.54) is 283 Å². The molecule has 0 fully saturated rings. The van der Waals surface area contributed by atoms with E-state index in [9.17, 15) is 19.8 Å². The molecule has 0 aromatic heterocycles. The summed E-state index contributed by atoms with van der Waals surface area (Å²) in [7, 11) is 0. The van der Waals surface area contributed by atoms with Gasteiger partial charge in [-0.15, -0.1) is 0 Å². The van der Waals surface area contributed by atoms with Crippen molar-refractivity contribution in [3.63, 3.8) is 0 Å². The lowest BCUT2D eigenvalue weighted by Gasteiger charge is -2.20. The number of amides is 1. The number of aliphatic hydroxyl groups is 2. The van der Waals surface area contributed by atoms with Crippen LogP contribution in [0.4, 0.5) is 0 Å². The quantitative estimate of drug-likeness (QED) is 0.0320. The number of unbranched alkanes of at least 4 members (excludes halogenated alkanes) is 46. The summed E-state index contributed by atoms with van der Waals surface area (Å²) in [5, 5.41) is 23.2. The number of hydrogen-bond acceptors (Lipinski definition) is 5. The first-order valence-electron chi connectivity index (χ1n) is 32.8. The van der Waals surface area contributed by atoms with Gasteiger partial charge in [0.25, 0.3) is 0 Å². The number of aliphatic hydroxyl groups excluding tert-OH is 2. The number of carbonyl (C=O) groups excluding carboxylic acids is 2. The monoisotopic (exact) mass is 1030 g/mol. The molecule has 2 unspecified atom stereocenters. The first kappa shape index (κ1) is 71.1. The van der Waals surface area contributed by atoms with Gasteiger partial charge >= 0.3 is 5.97 Å². The van der Waals surface area contributed by atoms with Crippen molar-refractivity contribution in [3.8, 4) is 0 Å². The Kier molecular flexibility index (Phi) is 61.0. The highest BCUT2D eigenvalue weighted by atomic mass is 16.5. The molecule has 1 amide bonds. The van der Waals surface area contributed by atoms with Crippen molar-refractivity contribution in [1.29, 1.82) is 0 Å². The minimum atomic E-state index is -0.849. The topological polar surface area (TPSA) is 95.9 Å². The van der Waals surface area contributed by atoms with Gasteiger partial charge in [-0.05, 0) is 64.2 Å². The zero-order chi connectivity index (χ0) is 52.9. The predicted octanol–water partition coefficient (Wildman–Crippen LogP) is 20.8. The van der Waals surface area contributed by atoms with Gasteiger partial charge in [0.2, 0.25) is 5.91 Å². The van der Waals surface area contributed by atoms with Gasteiger partial charge in [0.15, 0.2) is 0 Å². The number of nitrogens with one attached hydrogen (secondary N) is 1.